The maximum atomic E-state index is 10.9. The molecule has 1 heterocycles. The van der Waals surface area contributed by atoms with Crippen molar-refractivity contribution < 1.29 is 14.8 Å². The summed E-state index contributed by atoms with van der Waals surface area (Å²) in [5, 5.41) is 20.1. The Labute approximate surface area is 111 Å². The van der Waals surface area contributed by atoms with Crippen molar-refractivity contribution in [2.75, 3.05) is 24.6 Å². The van der Waals surface area contributed by atoms with Crippen molar-refractivity contribution >= 4 is 11.4 Å². The van der Waals surface area contributed by atoms with Crippen molar-refractivity contribution in [3.8, 4) is 0 Å². The smallest absolute Gasteiger partial charge is 0.271 e. The number of aryl methyl sites for hydroxylation is 1. The lowest BCUT2D eigenvalue weighted by Gasteiger charge is -2.37. The molecular weight excluding hydrogens is 248 g/mol. The average molecular weight is 266 g/mol. The van der Waals surface area contributed by atoms with Gasteiger partial charge in [0.15, 0.2) is 0 Å². The second-order valence-corrected chi connectivity index (χ2v) is 4.94. The van der Waals surface area contributed by atoms with Gasteiger partial charge in [-0.3, -0.25) is 10.1 Å². The summed E-state index contributed by atoms with van der Waals surface area (Å²) < 4.78 is 5.57. The number of rotatable bonds is 3. The summed E-state index contributed by atoms with van der Waals surface area (Å²) in [6, 6.07) is 5.04. The molecule has 104 valence electrons. The van der Waals surface area contributed by atoms with Gasteiger partial charge in [-0.25, -0.2) is 0 Å². The number of anilines is 1. The van der Waals surface area contributed by atoms with Gasteiger partial charge in [0.1, 0.15) is 0 Å². The van der Waals surface area contributed by atoms with Crippen LogP contribution in [-0.2, 0) is 4.74 Å². The van der Waals surface area contributed by atoms with E-state index in [0.717, 1.165) is 11.3 Å². The zero-order valence-electron chi connectivity index (χ0n) is 11.1. The van der Waals surface area contributed by atoms with Gasteiger partial charge in [-0.05, 0) is 25.5 Å². The Balaban J connectivity index is 2.27. The number of nitro groups is 1. The molecule has 2 rings (SSSR count). The molecule has 0 bridgehead atoms. The second-order valence-electron chi connectivity index (χ2n) is 4.94. The zero-order chi connectivity index (χ0) is 14.0. The van der Waals surface area contributed by atoms with Gasteiger partial charge in [0.2, 0.25) is 0 Å². The first-order valence-electron chi connectivity index (χ1n) is 6.27. The molecule has 0 radical (unpaired) electrons. The van der Waals surface area contributed by atoms with E-state index in [9.17, 15) is 15.2 Å². The number of aliphatic hydroxyl groups excluding tert-OH is 1. The first-order chi connectivity index (χ1) is 8.99. The van der Waals surface area contributed by atoms with Crippen molar-refractivity contribution in [2.45, 2.75) is 26.1 Å². The number of aliphatic hydroxyl groups is 1. The van der Waals surface area contributed by atoms with Gasteiger partial charge in [0.05, 0.1) is 23.7 Å². The highest BCUT2D eigenvalue weighted by Crippen LogP contribution is 2.26. The van der Waals surface area contributed by atoms with E-state index in [1.165, 1.54) is 0 Å². The summed E-state index contributed by atoms with van der Waals surface area (Å²) >= 11 is 0. The largest absolute Gasteiger partial charge is 0.394 e. The van der Waals surface area contributed by atoms with E-state index in [1.807, 2.05) is 24.8 Å². The van der Waals surface area contributed by atoms with Crippen molar-refractivity contribution in [1.82, 2.24) is 0 Å². The van der Waals surface area contributed by atoms with Gasteiger partial charge in [-0.1, -0.05) is 0 Å². The minimum atomic E-state index is -0.385. The second kappa shape index (κ2) is 5.54. The van der Waals surface area contributed by atoms with Gasteiger partial charge < -0.3 is 14.7 Å². The number of ether oxygens (including phenoxy) is 1. The van der Waals surface area contributed by atoms with Crippen LogP contribution in [0, 0.1) is 17.0 Å². The van der Waals surface area contributed by atoms with Crippen LogP contribution < -0.4 is 4.90 Å². The normalized spacial score (nSPS) is 23.4. The first-order valence-corrected chi connectivity index (χ1v) is 6.27. The van der Waals surface area contributed by atoms with Crippen LogP contribution >= 0.6 is 0 Å². The number of hydrogen-bond acceptors (Lipinski definition) is 5. The molecule has 19 heavy (non-hydrogen) atoms. The minimum Gasteiger partial charge on any atom is -0.394 e. The molecular formula is C13H18N2O4. The Hall–Kier alpha value is -1.66. The van der Waals surface area contributed by atoms with Crippen LogP contribution in [0.2, 0.25) is 0 Å². The molecule has 1 aliphatic rings. The number of morpholine rings is 1. The molecule has 1 aromatic rings. The average Bonchev–Trinajstić information content (AvgIpc) is 2.37. The van der Waals surface area contributed by atoms with E-state index in [4.69, 9.17) is 4.74 Å². The topological polar surface area (TPSA) is 75.8 Å². The lowest BCUT2D eigenvalue weighted by atomic mass is 10.1. The lowest BCUT2D eigenvalue weighted by molar-refractivity contribution is -0.384. The Morgan fingerprint density at radius 1 is 1.47 bits per heavy atom. The maximum Gasteiger partial charge on any atom is 0.271 e. The molecule has 1 aliphatic heterocycles. The van der Waals surface area contributed by atoms with Gasteiger partial charge in [0, 0.05) is 30.9 Å². The van der Waals surface area contributed by atoms with E-state index in [0.29, 0.717) is 13.1 Å². The Bertz CT molecular complexity index is 478. The van der Waals surface area contributed by atoms with E-state index < -0.39 is 0 Å². The van der Waals surface area contributed by atoms with Crippen molar-refractivity contribution in [2.24, 2.45) is 0 Å². The first kappa shape index (κ1) is 13.8. The Morgan fingerprint density at radius 2 is 2.21 bits per heavy atom. The maximum absolute atomic E-state index is 10.9. The standard InChI is InChI=1S/C13H18N2O4/c1-9-3-11(5-12(4-9)15(17)18)14-6-10(2)19-13(7-14)8-16/h3-5,10,13,16H,6-8H2,1-2H3. The van der Waals surface area contributed by atoms with E-state index in [-0.39, 0.29) is 29.4 Å². The third-order valence-corrected chi connectivity index (χ3v) is 3.15. The quantitative estimate of drug-likeness (QED) is 0.662. The summed E-state index contributed by atoms with van der Waals surface area (Å²) in [5.41, 5.74) is 1.75. The minimum absolute atomic E-state index is 0.00883. The van der Waals surface area contributed by atoms with Gasteiger partial charge in [-0.2, -0.15) is 0 Å². The Kier molecular flexibility index (Phi) is 4.01. The van der Waals surface area contributed by atoms with Gasteiger partial charge in [-0.15, -0.1) is 0 Å². The summed E-state index contributed by atoms with van der Waals surface area (Å²) in [5.74, 6) is 0. The fraction of sp³-hybridized carbons (Fsp3) is 0.538. The summed E-state index contributed by atoms with van der Waals surface area (Å²) in [4.78, 5) is 12.5. The predicted molar refractivity (Wildman–Crippen MR) is 71.5 cm³/mol. The molecule has 0 saturated carbocycles. The molecule has 1 saturated heterocycles. The monoisotopic (exact) mass is 266 g/mol. The molecule has 1 aromatic carbocycles. The summed E-state index contributed by atoms with van der Waals surface area (Å²) in [6.07, 6.45) is -0.256. The summed E-state index contributed by atoms with van der Waals surface area (Å²) in [7, 11) is 0. The number of nitrogens with zero attached hydrogens (tertiary/aromatic N) is 2. The van der Waals surface area contributed by atoms with Gasteiger partial charge in [0.25, 0.3) is 5.69 Å². The van der Waals surface area contributed by atoms with Crippen LogP contribution in [0.1, 0.15) is 12.5 Å². The zero-order valence-corrected chi connectivity index (χ0v) is 11.1. The van der Waals surface area contributed by atoms with Crippen LogP contribution in [0.25, 0.3) is 0 Å². The fourth-order valence-electron chi connectivity index (χ4n) is 2.39. The molecule has 2 atom stereocenters. The highest BCUT2D eigenvalue weighted by Gasteiger charge is 2.25. The lowest BCUT2D eigenvalue weighted by Crippen LogP contribution is -2.48. The van der Waals surface area contributed by atoms with Crippen LogP contribution in [0.5, 0.6) is 0 Å². The van der Waals surface area contributed by atoms with Crippen molar-refractivity contribution in [3.05, 3.63) is 33.9 Å². The SMILES string of the molecule is Cc1cc(N2CC(C)OC(CO)C2)cc([N+](=O)[O-])c1. The molecule has 6 heteroatoms. The summed E-state index contributed by atoms with van der Waals surface area (Å²) in [6.45, 7) is 4.93. The predicted octanol–water partition coefficient (Wildman–Crippen LogP) is 1.49. The van der Waals surface area contributed by atoms with Crippen LogP contribution in [-0.4, -0.2) is 41.9 Å². The fourth-order valence-corrected chi connectivity index (χ4v) is 2.39. The highest BCUT2D eigenvalue weighted by molar-refractivity contribution is 5.56. The van der Waals surface area contributed by atoms with E-state index in [2.05, 4.69) is 0 Å². The Morgan fingerprint density at radius 3 is 2.84 bits per heavy atom. The molecule has 6 nitrogen and oxygen atoms in total. The number of nitro benzene ring substituents is 1. The van der Waals surface area contributed by atoms with Gasteiger partial charge >= 0.3 is 0 Å². The third kappa shape index (κ3) is 3.21. The highest BCUT2D eigenvalue weighted by atomic mass is 16.6. The van der Waals surface area contributed by atoms with Crippen LogP contribution in [0.15, 0.2) is 18.2 Å². The van der Waals surface area contributed by atoms with E-state index in [1.54, 1.807) is 12.1 Å². The van der Waals surface area contributed by atoms with E-state index >= 15 is 0 Å². The molecule has 0 aliphatic carbocycles. The van der Waals surface area contributed by atoms with Crippen LogP contribution in [0.3, 0.4) is 0 Å². The third-order valence-electron chi connectivity index (χ3n) is 3.15. The molecule has 0 amide bonds. The van der Waals surface area contributed by atoms with Crippen LogP contribution in [0.4, 0.5) is 11.4 Å². The molecule has 2 unspecified atom stereocenters. The molecule has 0 spiro atoms. The number of non-ortho nitro benzene ring substituents is 1. The number of benzene rings is 1. The molecule has 0 aromatic heterocycles. The van der Waals surface area contributed by atoms with Crippen molar-refractivity contribution in [3.63, 3.8) is 0 Å². The number of hydrogen-bond donors (Lipinski definition) is 1. The van der Waals surface area contributed by atoms with Crippen molar-refractivity contribution in [1.29, 1.82) is 0 Å². The molecule has 1 fully saturated rings. The molecule has 1 N–H and O–H groups in total.